The molecule has 0 heterocycles. The summed E-state index contributed by atoms with van der Waals surface area (Å²) in [4.78, 5) is 2.28. The van der Waals surface area contributed by atoms with E-state index in [9.17, 15) is 0 Å². The Morgan fingerprint density at radius 2 is 1.86 bits per heavy atom. The second-order valence-electron chi connectivity index (χ2n) is 4.26. The molecule has 0 saturated heterocycles. The van der Waals surface area contributed by atoms with E-state index in [2.05, 4.69) is 35.0 Å². The highest BCUT2D eigenvalue weighted by atomic mass is 31.0. The van der Waals surface area contributed by atoms with E-state index >= 15 is 0 Å². The maximum absolute atomic E-state index is 5.55. The highest BCUT2D eigenvalue weighted by Crippen LogP contribution is 2.03. The molecule has 0 spiro atoms. The van der Waals surface area contributed by atoms with E-state index in [0.29, 0.717) is 0 Å². The summed E-state index contributed by atoms with van der Waals surface area (Å²) in [5, 5.41) is 0. The van der Waals surface area contributed by atoms with Crippen LogP contribution in [0, 0.1) is 5.92 Å². The fourth-order valence-electron chi connectivity index (χ4n) is 1.22. The average molecular weight is 219 g/mol. The fraction of sp³-hybridized carbons (Fsp3) is 1.00. The van der Waals surface area contributed by atoms with Gasteiger partial charge in [-0.25, -0.2) is 0 Å². The number of ether oxygens (including phenoxy) is 1. The van der Waals surface area contributed by atoms with E-state index in [1.807, 2.05) is 0 Å². The largest absolute Gasteiger partial charge is 0.381 e. The highest BCUT2D eigenvalue weighted by molar-refractivity contribution is 7.16. The number of rotatable bonds is 9. The second kappa shape index (κ2) is 9.89. The molecule has 0 rings (SSSR count). The molecule has 1 unspecified atom stereocenters. The summed E-state index contributed by atoms with van der Waals surface area (Å²) >= 11 is 0. The van der Waals surface area contributed by atoms with Gasteiger partial charge in [0, 0.05) is 26.0 Å². The Morgan fingerprint density at radius 3 is 2.43 bits per heavy atom. The van der Waals surface area contributed by atoms with Crippen molar-refractivity contribution in [1.82, 2.24) is 4.90 Å². The summed E-state index contributed by atoms with van der Waals surface area (Å²) in [6.45, 7) is 7.49. The van der Waals surface area contributed by atoms with Crippen molar-refractivity contribution >= 4 is 9.24 Å². The molecule has 1 atom stereocenters. The van der Waals surface area contributed by atoms with Gasteiger partial charge in [0.25, 0.3) is 0 Å². The molecule has 2 nitrogen and oxygen atoms in total. The van der Waals surface area contributed by atoms with Gasteiger partial charge in [0.1, 0.15) is 0 Å². The van der Waals surface area contributed by atoms with Crippen molar-refractivity contribution in [1.29, 1.82) is 0 Å². The van der Waals surface area contributed by atoms with E-state index < -0.39 is 0 Å². The van der Waals surface area contributed by atoms with Crippen LogP contribution in [0.15, 0.2) is 0 Å². The Balaban J connectivity index is 2.99. The molecule has 0 aromatic carbocycles. The van der Waals surface area contributed by atoms with Crippen LogP contribution in [0.25, 0.3) is 0 Å². The Kier molecular flexibility index (Phi) is 10.1. The molecule has 0 bridgehead atoms. The third-order valence-electron chi connectivity index (χ3n) is 2.21. The van der Waals surface area contributed by atoms with Gasteiger partial charge in [0.2, 0.25) is 0 Å². The lowest BCUT2D eigenvalue weighted by atomic mass is 10.1. The van der Waals surface area contributed by atoms with E-state index in [-0.39, 0.29) is 0 Å². The summed E-state index contributed by atoms with van der Waals surface area (Å²) in [6.07, 6.45) is 4.68. The van der Waals surface area contributed by atoms with E-state index in [1.54, 1.807) is 0 Å². The SMILES string of the molecule is CC(C)CCCOCCCN(C)CP. The lowest BCUT2D eigenvalue weighted by Gasteiger charge is -2.13. The van der Waals surface area contributed by atoms with Crippen molar-refractivity contribution in [2.24, 2.45) is 5.92 Å². The summed E-state index contributed by atoms with van der Waals surface area (Å²) in [5.74, 6) is 0.807. The lowest BCUT2D eigenvalue weighted by Crippen LogP contribution is -2.18. The average Bonchev–Trinajstić information content (AvgIpc) is 2.15. The van der Waals surface area contributed by atoms with Crippen LogP contribution in [0.3, 0.4) is 0 Å². The van der Waals surface area contributed by atoms with Crippen molar-refractivity contribution in [3.63, 3.8) is 0 Å². The Morgan fingerprint density at radius 1 is 1.21 bits per heavy atom. The summed E-state index contributed by atoms with van der Waals surface area (Å²) in [6, 6.07) is 0. The van der Waals surface area contributed by atoms with Crippen molar-refractivity contribution in [3.8, 4) is 0 Å². The van der Waals surface area contributed by atoms with Crippen molar-refractivity contribution < 1.29 is 4.74 Å². The molecule has 14 heavy (non-hydrogen) atoms. The third kappa shape index (κ3) is 10.4. The monoisotopic (exact) mass is 219 g/mol. The Labute approximate surface area is 91.6 Å². The van der Waals surface area contributed by atoms with Crippen LogP contribution in [0.4, 0.5) is 0 Å². The molecule has 3 heteroatoms. The van der Waals surface area contributed by atoms with Crippen molar-refractivity contribution in [3.05, 3.63) is 0 Å². The minimum Gasteiger partial charge on any atom is -0.381 e. The van der Waals surface area contributed by atoms with Gasteiger partial charge in [0.05, 0.1) is 0 Å². The highest BCUT2D eigenvalue weighted by Gasteiger charge is 1.96. The molecule has 0 fully saturated rings. The van der Waals surface area contributed by atoms with Gasteiger partial charge in [-0.05, 0) is 32.2 Å². The molecule has 0 radical (unpaired) electrons. The molecular weight excluding hydrogens is 193 g/mol. The summed E-state index contributed by atoms with van der Waals surface area (Å²) in [7, 11) is 4.86. The van der Waals surface area contributed by atoms with Gasteiger partial charge >= 0.3 is 0 Å². The lowest BCUT2D eigenvalue weighted by molar-refractivity contribution is 0.119. The van der Waals surface area contributed by atoms with Crippen molar-refractivity contribution in [2.75, 3.05) is 33.1 Å². The van der Waals surface area contributed by atoms with Crippen LogP contribution in [-0.2, 0) is 4.74 Å². The smallest absolute Gasteiger partial charge is 0.0478 e. The van der Waals surface area contributed by atoms with Crippen LogP contribution < -0.4 is 0 Å². The first kappa shape index (κ1) is 14.3. The maximum atomic E-state index is 5.55. The van der Waals surface area contributed by atoms with Crippen LogP contribution >= 0.6 is 9.24 Å². The molecule has 0 amide bonds. The van der Waals surface area contributed by atoms with Crippen LogP contribution in [0.1, 0.15) is 33.1 Å². The quantitative estimate of drug-likeness (QED) is 0.436. The summed E-state index contributed by atoms with van der Waals surface area (Å²) in [5.41, 5.74) is 0. The first-order valence-electron chi connectivity index (χ1n) is 5.63. The molecule has 0 aliphatic carbocycles. The maximum Gasteiger partial charge on any atom is 0.0478 e. The first-order chi connectivity index (χ1) is 6.66. The number of nitrogens with zero attached hydrogens (tertiary/aromatic N) is 1. The van der Waals surface area contributed by atoms with Gasteiger partial charge < -0.3 is 9.64 Å². The normalized spacial score (nSPS) is 11.6. The van der Waals surface area contributed by atoms with Crippen LogP contribution in [0.2, 0.25) is 0 Å². The zero-order valence-corrected chi connectivity index (χ0v) is 11.1. The van der Waals surface area contributed by atoms with Gasteiger partial charge in [-0.2, -0.15) is 0 Å². The van der Waals surface area contributed by atoms with Crippen LogP contribution in [0.5, 0.6) is 0 Å². The van der Waals surface area contributed by atoms with Gasteiger partial charge in [-0.1, -0.05) is 13.8 Å². The molecule has 0 saturated carbocycles. The Bertz CT molecular complexity index is 120. The molecule has 0 aliphatic rings. The standard InChI is InChI=1S/C11H26NOP/c1-11(2)6-4-8-13-9-5-7-12(3)10-14/h11H,4-10,14H2,1-3H3. The van der Waals surface area contributed by atoms with Gasteiger partial charge in [-0.3, -0.25) is 0 Å². The van der Waals surface area contributed by atoms with Gasteiger partial charge in [-0.15, -0.1) is 9.24 Å². The van der Waals surface area contributed by atoms with Gasteiger partial charge in [0.15, 0.2) is 0 Å². The van der Waals surface area contributed by atoms with Crippen LogP contribution in [-0.4, -0.2) is 38.0 Å². The third-order valence-corrected chi connectivity index (χ3v) is 2.83. The van der Waals surface area contributed by atoms with Crippen molar-refractivity contribution in [2.45, 2.75) is 33.1 Å². The first-order valence-corrected chi connectivity index (χ1v) is 6.44. The molecule has 86 valence electrons. The predicted molar refractivity (Wildman–Crippen MR) is 66.7 cm³/mol. The van der Waals surface area contributed by atoms with E-state index in [1.165, 1.54) is 12.8 Å². The zero-order chi connectivity index (χ0) is 10.8. The summed E-state index contributed by atoms with van der Waals surface area (Å²) < 4.78 is 5.55. The molecular formula is C11H26NOP. The Hall–Kier alpha value is 0.350. The predicted octanol–water partition coefficient (Wildman–Crippen LogP) is 2.59. The minimum absolute atomic E-state index is 0.807. The molecule has 0 N–H and O–H groups in total. The molecule has 0 aliphatic heterocycles. The minimum atomic E-state index is 0.807. The fourth-order valence-corrected chi connectivity index (χ4v) is 1.41. The topological polar surface area (TPSA) is 12.5 Å². The number of hydrogen-bond acceptors (Lipinski definition) is 2. The molecule has 0 aromatic rings. The van der Waals surface area contributed by atoms with E-state index in [4.69, 9.17) is 4.74 Å². The zero-order valence-electron chi connectivity index (χ0n) is 9.96. The van der Waals surface area contributed by atoms with E-state index in [0.717, 1.165) is 38.4 Å². The molecule has 0 aromatic heterocycles. The second-order valence-corrected chi connectivity index (χ2v) is 4.63. The number of hydrogen-bond donors (Lipinski definition) is 0.